The van der Waals surface area contributed by atoms with Crippen molar-refractivity contribution in [2.24, 2.45) is 5.92 Å². The minimum absolute atomic E-state index is 0.0132. The Morgan fingerprint density at radius 3 is 2.21 bits per heavy atom. The number of ether oxygens (including phenoxy) is 1. The number of esters is 1. The normalized spacial score (nSPS) is 12.9. The van der Waals surface area contributed by atoms with Gasteiger partial charge >= 0.3 is 5.97 Å². The van der Waals surface area contributed by atoms with E-state index < -0.39 is 47.3 Å². The Morgan fingerprint density at radius 2 is 1.68 bits per heavy atom. The molecular formula is C19H20F2N2O5. The highest BCUT2D eigenvalue weighted by molar-refractivity contribution is 5.97. The zero-order chi connectivity index (χ0) is 20.8. The van der Waals surface area contributed by atoms with E-state index in [1.807, 2.05) is 5.32 Å². The van der Waals surface area contributed by atoms with Gasteiger partial charge in [0.2, 0.25) is 0 Å². The topological polar surface area (TPSA) is 97.6 Å². The molecular weight excluding hydrogens is 374 g/mol. The number of halogens is 2. The van der Waals surface area contributed by atoms with Crippen LogP contribution >= 0.6 is 0 Å². The number of hydrogen-bond donors (Lipinski definition) is 2. The number of rotatable bonds is 7. The first-order valence-electron chi connectivity index (χ1n) is 8.50. The monoisotopic (exact) mass is 394 g/mol. The minimum atomic E-state index is -1.35. The molecule has 1 heterocycles. The Morgan fingerprint density at radius 1 is 1.04 bits per heavy atom. The Hall–Kier alpha value is -3.23. The van der Waals surface area contributed by atoms with Gasteiger partial charge in [-0.3, -0.25) is 9.59 Å². The Labute approximate surface area is 160 Å². The number of carbonyl (C=O) groups is 3. The third-order valence-electron chi connectivity index (χ3n) is 3.83. The van der Waals surface area contributed by atoms with Crippen molar-refractivity contribution in [2.75, 3.05) is 5.32 Å². The summed E-state index contributed by atoms with van der Waals surface area (Å²) in [4.78, 5) is 36.6. The van der Waals surface area contributed by atoms with Crippen LogP contribution in [0, 0.1) is 17.6 Å². The molecule has 0 aliphatic rings. The third-order valence-corrected chi connectivity index (χ3v) is 3.83. The van der Waals surface area contributed by atoms with E-state index in [2.05, 4.69) is 5.32 Å². The molecule has 9 heteroatoms. The maximum atomic E-state index is 13.6. The van der Waals surface area contributed by atoms with Gasteiger partial charge in [-0.05, 0) is 37.1 Å². The van der Waals surface area contributed by atoms with Crippen molar-refractivity contribution >= 4 is 23.5 Å². The lowest BCUT2D eigenvalue weighted by Gasteiger charge is -2.22. The standard InChI is InChI=1S/C19H20F2N2O5/c1-10(2)15(22-18(25)14-8-5-9-27-14)19(26)28-11(3)17(24)23-16-12(20)6-4-7-13(16)21/h4-11,15H,1-3H3,(H,22,25)(H,23,24)/t11-,15-/m0/s1. The van der Waals surface area contributed by atoms with Crippen LogP contribution in [0.25, 0.3) is 0 Å². The molecule has 2 aromatic rings. The molecule has 0 aliphatic carbocycles. The van der Waals surface area contributed by atoms with Crippen molar-refractivity contribution < 1.29 is 32.3 Å². The maximum absolute atomic E-state index is 13.6. The average Bonchev–Trinajstić information content (AvgIpc) is 3.16. The molecule has 2 amide bonds. The van der Waals surface area contributed by atoms with E-state index in [0.29, 0.717) is 0 Å². The van der Waals surface area contributed by atoms with Crippen molar-refractivity contribution in [3.63, 3.8) is 0 Å². The largest absolute Gasteiger partial charge is 0.459 e. The van der Waals surface area contributed by atoms with Gasteiger partial charge in [-0.2, -0.15) is 0 Å². The molecule has 0 fully saturated rings. The summed E-state index contributed by atoms with van der Waals surface area (Å²) in [5, 5.41) is 4.52. The summed E-state index contributed by atoms with van der Waals surface area (Å²) in [7, 11) is 0. The maximum Gasteiger partial charge on any atom is 0.329 e. The summed E-state index contributed by atoms with van der Waals surface area (Å²) in [5.41, 5.74) is -0.637. The first kappa shape index (κ1) is 21.1. The molecule has 0 spiro atoms. The predicted molar refractivity (Wildman–Crippen MR) is 95.3 cm³/mol. The number of amides is 2. The number of nitrogens with one attached hydrogen (secondary N) is 2. The molecule has 1 aromatic heterocycles. The molecule has 0 bridgehead atoms. The van der Waals surface area contributed by atoms with E-state index >= 15 is 0 Å². The van der Waals surface area contributed by atoms with Crippen LogP contribution in [0.2, 0.25) is 0 Å². The van der Waals surface area contributed by atoms with Crippen LogP contribution in [0.1, 0.15) is 31.3 Å². The van der Waals surface area contributed by atoms with E-state index in [9.17, 15) is 23.2 Å². The molecule has 0 saturated heterocycles. The average molecular weight is 394 g/mol. The quantitative estimate of drug-likeness (QED) is 0.704. The fraction of sp³-hybridized carbons (Fsp3) is 0.316. The van der Waals surface area contributed by atoms with Crippen LogP contribution in [0.5, 0.6) is 0 Å². The Kier molecular flexibility index (Phi) is 6.86. The molecule has 0 aliphatic heterocycles. The summed E-state index contributed by atoms with van der Waals surface area (Å²) < 4.78 is 37.3. The van der Waals surface area contributed by atoms with Crippen LogP contribution in [0.3, 0.4) is 0 Å². The fourth-order valence-electron chi connectivity index (χ4n) is 2.26. The van der Waals surface area contributed by atoms with E-state index in [1.165, 1.54) is 25.3 Å². The van der Waals surface area contributed by atoms with Crippen LogP contribution in [0.15, 0.2) is 41.0 Å². The van der Waals surface area contributed by atoms with Crippen molar-refractivity contribution in [2.45, 2.75) is 32.9 Å². The predicted octanol–water partition coefficient (Wildman–Crippen LogP) is 2.88. The van der Waals surface area contributed by atoms with Gasteiger partial charge in [-0.1, -0.05) is 19.9 Å². The van der Waals surface area contributed by atoms with Crippen LogP contribution in [-0.4, -0.2) is 29.9 Å². The first-order chi connectivity index (χ1) is 13.2. The molecule has 1 aromatic carbocycles. The van der Waals surface area contributed by atoms with Crippen LogP contribution in [0.4, 0.5) is 14.5 Å². The summed E-state index contributed by atoms with van der Waals surface area (Å²) >= 11 is 0. The Balaban J connectivity index is 2.01. The number of benzene rings is 1. The van der Waals surface area contributed by atoms with Gasteiger partial charge in [0.05, 0.1) is 6.26 Å². The lowest BCUT2D eigenvalue weighted by atomic mass is 10.0. The molecule has 0 saturated carbocycles. The third kappa shape index (κ3) is 5.15. The smallest absolute Gasteiger partial charge is 0.329 e. The Bertz CT molecular complexity index is 832. The molecule has 2 N–H and O–H groups in total. The first-order valence-corrected chi connectivity index (χ1v) is 8.50. The molecule has 2 atom stereocenters. The van der Waals surface area contributed by atoms with E-state index in [0.717, 1.165) is 18.2 Å². The molecule has 7 nitrogen and oxygen atoms in total. The zero-order valence-electron chi connectivity index (χ0n) is 15.5. The second-order valence-electron chi connectivity index (χ2n) is 6.34. The number of furan rings is 1. The lowest BCUT2D eigenvalue weighted by Crippen LogP contribution is -2.47. The highest BCUT2D eigenvalue weighted by Crippen LogP contribution is 2.18. The number of anilines is 1. The molecule has 2 rings (SSSR count). The zero-order valence-corrected chi connectivity index (χ0v) is 15.5. The molecule has 28 heavy (non-hydrogen) atoms. The number of para-hydroxylation sites is 1. The van der Waals surface area contributed by atoms with Crippen molar-refractivity contribution in [3.8, 4) is 0 Å². The number of hydrogen-bond acceptors (Lipinski definition) is 5. The van der Waals surface area contributed by atoms with Gasteiger partial charge in [-0.25, -0.2) is 13.6 Å². The van der Waals surface area contributed by atoms with Crippen molar-refractivity contribution in [1.82, 2.24) is 5.32 Å². The molecule has 0 radical (unpaired) electrons. The van der Waals surface area contributed by atoms with Gasteiger partial charge in [0.15, 0.2) is 11.9 Å². The van der Waals surface area contributed by atoms with Crippen molar-refractivity contribution in [1.29, 1.82) is 0 Å². The minimum Gasteiger partial charge on any atom is -0.459 e. The van der Waals surface area contributed by atoms with E-state index in [4.69, 9.17) is 9.15 Å². The van der Waals surface area contributed by atoms with Gasteiger partial charge in [0.1, 0.15) is 23.4 Å². The van der Waals surface area contributed by atoms with Gasteiger partial charge in [-0.15, -0.1) is 0 Å². The van der Waals surface area contributed by atoms with Gasteiger partial charge in [0, 0.05) is 0 Å². The number of carbonyl (C=O) groups excluding carboxylic acids is 3. The van der Waals surface area contributed by atoms with E-state index in [1.54, 1.807) is 13.8 Å². The second kappa shape index (κ2) is 9.12. The summed E-state index contributed by atoms with van der Waals surface area (Å²) in [6.07, 6.45) is -0.0421. The van der Waals surface area contributed by atoms with Crippen molar-refractivity contribution in [3.05, 3.63) is 54.0 Å². The lowest BCUT2D eigenvalue weighted by molar-refractivity contribution is -0.156. The van der Waals surface area contributed by atoms with Gasteiger partial charge in [0.25, 0.3) is 11.8 Å². The SMILES string of the molecule is CC(C)[C@H](NC(=O)c1ccco1)C(=O)O[C@@H](C)C(=O)Nc1c(F)cccc1F. The highest BCUT2D eigenvalue weighted by Gasteiger charge is 2.30. The summed E-state index contributed by atoms with van der Waals surface area (Å²) in [5.74, 6) is -4.67. The van der Waals surface area contributed by atoms with Gasteiger partial charge < -0.3 is 19.8 Å². The summed E-state index contributed by atoms with van der Waals surface area (Å²) in [6.45, 7) is 4.60. The molecule has 150 valence electrons. The fourth-order valence-corrected chi connectivity index (χ4v) is 2.26. The van der Waals surface area contributed by atoms with E-state index in [-0.39, 0.29) is 11.7 Å². The highest BCUT2D eigenvalue weighted by atomic mass is 19.1. The summed E-state index contributed by atoms with van der Waals surface area (Å²) in [6, 6.07) is 5.00. The molecule has 0 unspecified atom stereocenters. The van der Waals surface area contributed by atoms with Crippen LogP contribution in [-0.2, 0) is 14.3 Å². The van der Waals surface area contributed by atoms with Crippen LogP contribution < -0.4 is 10.6 Å². The second-order valence-corrected chi connectivity index (χ2v) is 6.34.